The van der Waals surface area contributed by atoms with E-state index in [1.54, 1.807) is 7.11 Å². The molecule has 0 unspecified atom stereocenters. The van der Waals surface area contributed by atoms with Crippen LogP contribution in [0, 0.1) is 0 Å². The summed E-state index contributed by atoms with van der Waals surface area (Å²) in [6.45, 7) is 2.33. The number of ether oxygens (including phenoxy) is 10. The third-order valence-corrected chi connectivity index (χ3v) is 11.3. The summed E-state index contributed by atoms with van der Waals surface area (Å²) in [6, 6.07) is 60.3. The molecule has 8 rings (SSSR count). The lowest BCUT2D eigenvalue weighted by Gasteiger charge is -2.45. The van der Waals surface area contributed by atoms with Gasteiger partial charge in [0, 0.05) is 7.11 Å². The molecule has 2 aliphatic rings. The molecule has 10 heteroatoms. The van der Waals surface area contributed by atoms with Crippen molar-refractivity contribution in [1.29, 1.82) is 0 Å². The summed E-state index contributed by atoms with van der Waals surface area (Å²) in [5, 5.41) is 0. The van der Waals surface area contributed by atoms with E-state index in [1.165, 1.54) is 0 Å². The molecule has 2 fully saturated rings. The average Bonchev–Trinajstić information content (AvgIpc) is 3.69. The predicted octanol–water partition coefficient (Wildman–Crippen LogP) is 9.24. The van der Waals surface area contributed by atoms with Gasteiger partial charge in [-0.25, -0.2) is 0 Å². The Morgan fingerprint density at radius 3 is 1.00 bits per heavy atom. The van der Waals surface area contributed by atoms with Crippen molar-refractivity contribution in [2.45, 2.75) is 94.9 Å². The van der Waals surface area contributed by atoms with E-state index in [9.17, 15) is 0 Å². The molecule has 0 aliphatic carbocycles. The molecule has 0 bridgehead atoms. The van der Waals surface area contributed by atoms with E-state index >= 15 is 0 Å². The fourth-order valence-electron chi connectivity index (χ4n) is 8.00. The molecule has 9 atom stereocenters. The highest BCUT2D eigenvalue weighted by molar-refractivity contribution is 5.18. The summed E-state index contributed by atoms with van der Waals surface area (Å²) in [6.07, 6.45) is -5.97. The van der Waals surface area contributed by atoms with Crippen LogP contribution in [-0.4, -0.2) is 75.6 Å². The van der Waals surface area contributed by atoms with E-state index in [2.05, 4.69) is 0 Å². The highest BCUT2D eigenvalue weighted by Gasteiger charge is 2.51. The molecule has 2 aliphatic heterocycles. The number of methoxy groups -OCH3 is 1. The predicted molar refractivity (Wildman–Crippen MR) is 241 cm³/mol. The fraction of sp³-hybridized carbons (Fsp3) is 0.333. The summed E-state index contributed by atoms with van der Waals surface area (Å²) in [5.41, 5.74) is 6.13. The molecule has 0 amide bonds. The summed E-state index contributed by atoms with van der Waals surface area (Å²) >= 11 is 0. The standard InChI is InChI=1S/C54H58O10/c1-55-53-52(61-37-45-30-18-7-19-31-45)50(59-35-43-26-14-5-15-27-43)48(57-33-41-22-10-3-11-23-41)47(63-53)39-62-54-51(60-36-44-28-16-6-17-29-44)49(58-34-42-24-12-4-13-25-42)46(64-54)38-56-32-40-20-8-2-9-21-40/h2-31,46-54H,32-39H2,1H3/t46-,47-,48-,49-,50+,51-,52-,53+,54+/m1/s1. The van der Waals surface area contributed by atoms with Gasteiger partial charge in [-0.1, -0.05) is 182 Å². The smallest absolute Gasteiger partial charge is 0.187 e. The lowest BCUT2D eigenvalue weighted by atomic mass is 9.97. The lowest BCUT2D eigenvalue weighted by Crippen LogP contribution is -2.61. The fourth-order valence-corrected chi connectivity index (χ4v) is 8.00. The largest absolute Gasteiger partial charge is 0.374 e. The first kappa shape index (κ1) is 45.5. The lowest BCUT2D eigenvalue weighted by molar-refractivity contribution is -0.328. The normalized spacial score (nSPS) is 24.4. The van der Waals surface area contributed by atoms with Crippen molar-refractivity contribution in [1.82, 2.24) is 0 Å². The van der Waals surface area contributed by atoms with Crippen molar-refractivity contribution in [3.05, 3.63) is 215 Å². The Bertz CT molecular complexity index is 2170. The Morgan fingerprint density at radius 2 is 0.609 bits per heavy atom. The molecule has 10 nitrogen and oxygen atoms in total. The Morgan fingerprint density at radius 1 is 0.312 bits per heavy atom. The zero-order chi connectivity index (χ0) is 43.6. The minimum atomic E-state index is -0.857. The SMILES string of the molecule is CO[C@H]1O[C@H](CO[C@H]2O[C@H](COCc3ccccc3)[C@@H](OCc3ccccc3)[C@H]2OCc2ccccc2)[C@@H](OCc2ccccc2)[C@H](OCc2ccccc2)[C@H]1OCc1ccccc1. The Hall–Kier alpha value is -5.08. The third kappa shape index (κ3) is 13.0. The second-order valence-electron chi connectivity index (χ2n) is 16.0. The molecule has 0 saturated carbocycles. The van der Waals surface area contributed by atoms with Gasteiger partial charge in [0.15, 0.2) is 12.6 Å². The monoisotopic (exact) mass is 866 g/mol. The molecule has 2 saturated heterocycles. The van der Waals surface area contributed by atoms with Crippen molar-refractivity contribution in [3.8, 4) is 0 Å². The molecule has 0 radical (unpaired) electrons. The summed E-state index contributed by atoms with van der Waals surface area (Å²) < 4.78 is 66.6. The van der Waals surface area contributed by atoms with Gasteiger partial charge in [-0.15, -0.1) is 0 Å². The van der Waals surface area contributed by atoms with E-state index in [-0.39, 0.29) is 13.2 Å². The minimum absolute atomic E-state index is 0.0504. The van der Waals surface area contributed by atoms with Crippen LogP contribution in [0.1, 0.15) is 33.4 Å². The van der Waals surface area contributed by atoms with Gasteiger partial charge in [0.1, 0.15) is 42.7 Å². The van der Waals surface area contributed by atoms with Gasteiger partial charge in [-0.2, -0.15) is 0 Å². The van der Waals surface area contributed by atoms with Gasteiger partial charge in [-0.05, 0) is 33.4 Å². The van der Waals surface area contributed by atoms with Crippen LogP contribution in [0.2, 0.25) is 0 Å². The maximum Gasteiger partial charge on any atom is 0.187 e. The molecule has 0 aromatic heterocycles. The van der Waals surface area contributed by atoms with Crippen LogP contribution >= 0.6 is 0 Å². The maximum atomic E-state index is 6.85. The van der Waals surface area contributed by atoms with Crippen LogP contribution in [0.15, 0.2) is 182 Å². The summed E-state index contributed by atoms with van der Waals surface area (Å²) in [7, 11) is 1.61. The van der Waals surface area contributed by atoms with Crippen LogP contribution < -0.4 is 0 Å². The number of rotatable bonds is 23. The molecule has 334 valence electrons. The first-order valence-electron chi connectivity index (χ1n) is 22.0. The highest BCUT2D eigenvalue weighted by atomic mass is 16.8. The van der Waals surface area contributed by atoms with Crippen molar-refractivity contribution < 1.29 is 47.4 Å². The van der Waals surface area contributed by atoms with Gasteiger partial charge in [0.05, 0.1) is 52.9 Å². The van der Waals surface area contributed by atoms with Crippen LogP contribution in [0.3, 0.4) is 0 Å². The summed E-state index contributed by atoms with van der Waals surface area (Å²) in [4.78, 5) is 0. The molecule has 6 aromatic rings. The van der Waals surface area contributed by atoms with Gasteiger partial charge in [-0.3, -0.25) is 0 Å². The Labute approximate surface area is 376 Å². The Balaban J connectivity index is 1.06. The van der Waals surface area contributed by atoms with Crippen molar-refractivity contribution in [2.75, 3.05) is 20.3 Å². The second kappa shape index (κ2) is 24.3. The number of benzene rings is 6. The van der Waals surface area contributed by atoms with Gasteiger partial charge < -0.3 is 47.4 Å². The zero-order valence-corrected chi connectivity index (χ0v) is 36.3. The molecular weight excluding hydrogens is 809 g/mol. The molecular formula is C54H58O10. The van der Waals surface area contributed by atoms with Crippen molar-refractivity contribution in [3.63, 3.8) is 0 Å². The van der Waals surface area contributed by atoms with Gasteiger partial charge in [0.25, 0.3) is 0 Å². The number of hydrogen-bond acceptors (Lipinski definition) is 10. The molecule has 64 heavy (non-hydrogen) atoms. The first-order valence-corrected chi connectivity index (χ1v) is 22.0. The maximum absolute atomic E-state index is 6.85. The Kier molecular flexibility index (Phi) is 17.3. The van der Waals surface area contributed by atoms with Crippen LogP contribution in [0.5, 0.6) is 0 Å². The first-order chi connectivity index (χ1) is 31.7. The minimum Gasteiger partial charge on any atom is -0.374 e. The topological polar surface area (TPSA) is 92.3 Å². The molecule has 6 aromatic carbocycles. The van der Waals surface area contributed by atoms with E-state index in [0.29, 0.717) is 39.6 Å². The molecule has 0 spiro atoms. The second-order valence-corrected chi connectivity index (χ2v) is 16.0. The van der Waals surface area contributed by atoms with Crippen LogP contribution in [-0.2, 0) is 87.0 Å². The van der Waals surface area contributed by atoms with Crippen molar-refractivity contribution >= 4 is 0 Å². The number of hydrogen-bond donors (Lipinski definition) is 0. The third-order valence-electron chi connectivity index (χ3n) is 11.3. The van der Waals surface area contributed by atoms with Crippen LogP contribution in [0.25, 0.3) is 0 Å². The summed E-state index contributed by atoms with van der Waals surface area (Å²) in [5.74, 6) is 0. The average molecular weight is 867 g/mol. The van der Waals surface area contributed by atoms with E-state index < -0.39 is 55.3 Å². The molecule has 2 heterocycles. The van der Waals surface area contributed by atoms with E-state index in [1.807, 2.05) is 182 Å². The highest BCUT2D eigenvalue weighted by Crippen LogP contribution is 2.34. The van der Waals surface area contributed by atoms with E-state index in [0.717, 1.165) is 33.4 Å². The van der Waals surface area contributed by atoms with E-state index in [4.69, 9.17) is 47.4 Å². The van der Waals surface area contributed by atoms with Crippen molar-refractivity contribution in [2.24, 2.45) is 0 Å². The molecule has 0 N–H and O–H groups in total. The quantitative estimate of drug-likeness (QED) is 0.0621. The zero-order valence-electron chi connectivity index (χ0n) is 36.3. The van der Waals surface area contributed by atoms with Gasteiger partial charge >= 0.3 is 0 Å². The van der Waals surface area contributed by atoms with Crippen LogP contribution in [0.4, 0.5) is 0 Å². The van der Waals surface area contributed by atoms with Gasteiger partial charge in [0.2, 0.25) is 0 Å².